The molecule has 80 valence electrons. The first-order valence-corrected chi connectivity index (χ1v) is 4.97. The molecule has 0 radical (unpaired) electrons. The van der Waals surface area contributed by atoms with Gasteiger partial charge in [-0.05, 0) is 31.2 Å². The van der Waals surface area contributed by atoms with E-state index in [1.807, 2.05) is 6.92 Å². The summed E-state index contributed by atoms with van der Waals surface area (Å²) in [7, 11) is 0. The predicted molar refractivity (Wildman–Crippen MR) is 56.2 cm³/mol. The maximum Gasteiger partial charge on any atom is 0.246 e. The summed E-state index contributed by atoms with van der Waals surface area (Å²) >= 11 is 0. The Balaban J connectivity index is 2.48. The quantitative estimate of drug-likeness (QED) is 0.777. The number of hydrogen-bond donors (Lipinski definition) is 2. The Kier molecular flexibility index (Phi) is 2.44. The van der Waals surface area contributed by atoms with Crippen molar-refractivity contribution in [1.29, 1.82) is 0 Å². The number of hydrogen-bond acceptors (Lipinski definition) is 2. The van der Waals surface area contributed by atoms with Gasteiger partial charge in [-0.15, -0.1) is 0 Å². The zero-order valence-corrected chi connectivity index (χ0v) is 8.73. The molecular weight excluding hydrogens is 195 g/mol. The van der Waals surface area contributed by atoms with E-state index in [9.17, 15) is 9.18 Å². The Labute approximate surface area is 87.7 Å². The van der Waals surface area contributed by atoms with Crippen LogP contribution in [-0.4, -0.2) is 12.5 Å². The number of fused-ring (bicyclic) bond motifs is 1. The van der Waals surface area contributed by atoms with Crippen LogP contribution in [0.15, 0.2) is 12.1 Å². The molecule has 2 N–H and O–H groups in total. The number of aryl methyl sites for hydroxylation is 1. The van der Waals surface area contributed by atoms with Gasteiger partial charge in [-0.3, -0.25) is 4.79 Å². The molecule has 0 spiro atoms. The van der Waals surface area contributed by atoms with Crippen LogP contribution in [0.1, 0.15) is 24.1 Å². The highest BCUT2D eigenvalue weighted by molar-refractivity contribution is 6.03. The molecule has 1 aromatic carbocycles. The molecule has 0 aromatic heterocycles. The summed E-state index contributed by atoms with van der Waals surface area (Å²) in [5.41, 5.74) is 2.21. The van der Waals surface area contributed by atoms with E-state index in [4.69, 9.17) is 0 Å². The Hall–Kier alpha value is -1.42. The van der Waals surface area contributed by atoms with E-state index in [1.165, 1.54) is 12.1 Å². The second-order valence-corrected chi connectivity index (χ2v) is 3.67. The molecule has 1 aromatic rings. The fourth-order valence-electron chi connectivity index (χ4n) is 1.91. The van der Waals surface area contributed by atoms with Gasteiger partial charge in [0.15, 0.2) is 0 Å². The molecule has 15 heavy (non-hydrogen) atoms. The van der Waals surface area contributed by atoms with Crippen LogP contribution >= 0.6 is 0 Å². The minimum absolute atomic E-state index is 0.111. The minimum atomic E-state index is -0.417. The summed E-state index contributed by atoms with van der Waals surface area (Å²) in [6.07, 6.45) is 0. The summed E-state index contributed by atoms with van der Waals surface area (Å²) in [6.45, 7) is 4.38. The SMILES string of the molecule is CCNC1C(=O)Nc2c(C)cc(F)cc21. The Morgan fingerprint density at radius 1 is 1.53 bits per heavy atom. The van der Waals surface area contributed by atoms with Gasteiger partial charge >= 0.3 is 0 Å². The number of likely N-dealkylation sites (N-methyl/N-ethyl adjacent to an activating group) is 1. The van der Waals surface area contributed by atoms with Gasteiger partial charge in [-0.25, -0.2) is 4.39 Å². The van der Waals surface area contributed by atoms with Crippen molar-refractivity contribution >= 4 is 11.6 Å². The molecule has 4 heteroatoms. The molecule has 0 bridgehead atoms. The van der Waals surface area contributed by atoms with E-state index in [-0.39, 0.29) is 11.7 Å². The van der Waals surface area contributed by atoms with E-state index < -0.39 is 6.04 Å². The van der Waals surface area contributed by atoms with Crippen molar-refractivity contribution < 1.29 is 9.18 Å². The molecule has 1 amide bonds. The van der Waals surface area contributed by atoms with Crippen molar-refractivity contribution in [2.75, 3.05) is 11.9 Å². The fourth-order valence-corrected chi connectivity index (χ4v) is 1.91. The van der Waals surface area contributed by atoms with Crippen molar-refractivity contribution in [2.45, 2.75) is 19.9 Å². The maximum atomic E-state index is 13.2. The van der Waals surface area contributed by atoms with Gasteiger partial charge in [0.05, 0.1) is 0 Å². The van der Waals surface area contributed by atoms with Gasteiger partial charge in [0.2, 0.25) is 5.91 Å². The van der Waals surface area contributed by atoms with Gasteiger partial charge in [0.1, 0.15) is 11.9 Å². The van der Waals surface area contributed by atoms with E-state index in [0.717, 1.165) is 11.3 Å². The molecular formula is C11H13FN2O. The van der Waals surface area contributed by atoms with Crippen LogP contribution in [0.2, 0.25) is 0 Å². The number of halogens is 1. The van der Waals surface area contributed by atoms with Crippen LogP contribution in [0.3, 0.4) is 0 Å². The number of carbonyl (C=O) groups is 1. The summed E-state index contributed by atoms with van der Waals surface area (Å²) in [6, 6.07) is 2.42. The topological polar surface area (TPSA) is 41.1 Å². The van der Waals surface area contributed by atoms with Crippen LogP contribution in [0.25, 0.3) is 0 Å². The molecule has 0 saturated heterocycles. The largest absolute Gasteiger partial charge is 0.324 e. The Morgan fingerprint density at radius 2 is 2.27 bits per heavy atom. The molecule has 0 aliphatic carbocycles. The van der Waals surface area contributed by atoms with E-state index in [2.05, 4.69) is 10.6 Å². The summed E-state index contributed by atoms with van der Waals surface area (Å²) in [5, 5.41) is 5.79. The molecule has 1 aliphatic rings. The number of benzene rings is 1. The average molecular weight is 208 g/mol. The molecule has 1 aliphatic heterocycles. The van der Waals surface area contributed by atoms with E-state index in [0.29, 0.717) is 12.1 Å². The van der Waals surface area contributed by atoms with Crippen LogP contribution in [0.4, 0.5) is 10.1 Å². The van der Waals surface area contributed by atoms with Crippen LogP contribution < -0.4 is 10.6 Å². The predicted octanol–water partition coefficient (Wildman–Crippen LogP) is 1.74. The zero-order chi connectivity index (χ0) is 11.0. The summed E-state index contributed by atoms with van der Waals surface area (Å²) in [4.78, 5) is 11.6. The molecule has 0 fully saturated rings. The van der Waals surface area contributed by atoms with E-state index in [1.54, 1.807) is 6.92 Å². The summed E-state index contributed by atoms with van der Waals surface area (Å²) in [5.74, 6) is -0.411. The van der Waals surface area contributed by atoms with Crippen molar-refractivity contribution in [3.8, 4) is 0 Å². The lowest BCUT2D eigenvalue weighted by Gasteiger charge is -2.09. The first kappa shape index (κ1) is 10.1. The number of anilines is 1. The zero-order valence-electron chi connectivity index (χ0n) is 8.73. The Bertz CT molecular complexity index is 417. The van der Waals surface area contributed by atoms with Crippen LogP contribution in [0, 0.1) is 12.7 Å². The second kappa shape index (κ2) is 3.62. The third-order valence-corrected chi connectivity index (χ3v) is 2.56. The molecule has 1 atom stereocenters. The van der Waals surface area contributed by atoms with Crippen molar-refractivity contribution in [1.82, 2.24) is 5.32 Å². The second-order valence-electron chi connectivity index (χ2n) is 3.67. The highest BCUT2D eigenvalue weighted by Crippen LogP contribution is 2.34. The monoisotopic (exact) mass is 208 g/mol. The van der Waals surface area contributed by atoms with Crippen LogP contribution in [-0.2, 0) is 4.79 Å². The molecule has 1 heterocycles. The third kappa shape index (κ3) is 1.61. The third-order valence-electron chi connectivity index (χ3n) is 2.56. The fraction of sp³-hybridized carbons (Fsp3) is 0.364. The summed E-state index contributed by atoms with van der Waals surface area (Å²) < 4.78 is 13.2. The lowest BCUT2D eigenvalue weighted by atomic mass is 10.0. The van der Waals surface area contributed by atoms with Crippen LogP contribution in [0.5, 0.6) is 0 Å². The van der Waals surface area contributed by atoms with Crippen molar-refractivity contribution in [3.63, 3.8) is 0 Å². The number of nitrogens with one attached hydrogen (secondary N) is 2. The maximum absolute atomic E-state index is 13.2. The lowest BCUT2D eigenvalue weighted by Crippen LogP contribution is -2.27. The van der Waals surface area contributed by atoms with E-state index >= 15 is 0 Å². The Morgan fingerprint density at radius 3 is 2.93 bits per heavy atom. The number of amides is 1. The number of rotatable bonds is 2. The van der Waals surface area contributed by atoms with Gasteiger partial charge in [-0.2, -0.15) is 0 Å². The minimum Gasteiger partial charge on any atom is -0.324 e. The molecule has 3 nitrogen and oxygen atoms in total. The van der Waals surface area contributed by atoms with Gasteiger partial charge in [0.25, 0.3) is 0 Å². The van der Waals surface area contributed by atoms with Crippen molar-refractivity contribution in [2.24, 2.45) is 0 Å². The van der Waals surface area contributed by atoms with Gasteiger partial charge < -0.3 is 10.6 Å². The van der Waals surface area contributed by atoms with Crippen molar-refractivity contribution in [3.05, 3.63) is 29.1 Å². The number of carbonyl (C=O) groups excluding carboxylic acids is 1. The molecule has 0 saturated carbocycles. The average Bonchev–Trinajstić information content (AvgIpc) is 2.46. The smallest absolute Gasteiger partial charge is 0.246 e. The van der Waals surface area contributed by atoms with Gasteiger partial charge in [-0.1, -0.05) is 6.92 Å². The first-order valence-electron chi connectivity index (χ1n) is 4.97. The normalized spacial score (nSPS) is 18.9. The highest BCUT2D eigenvalue weighted by atomic mass is 19.1. The van der Waals surface area contributed by atoms with Gasteiger partial charge in [0, 0.05) is 11.3 Å². The molecule has 1 unspecified atom stereocenters. The highest BCUT2D eigenvalue weighted by Gasteiger charge is 2.31. The first-order chi connectivity index (χ1) is 7.13. The standard InChI is InChI=1S/C11H13FN2O/c1-3-13-10-8-5-7(12)4-6(2)9(8)14-11(10)15/h4-5,10,13H,3H2,1-2H3,(H,14,15). The molecule has 2 rings (SSSR count). The lowest BCUT2D eigenvalue weighted by molar-refractivity contribution is -0.117.